The van der Waals surface area contributed by atoms with E-state index in [2.05, 4.69) is 71.7 Å². The molecule has 0 radical (unpaired) electrons. The molecule has 1 saturated heterocycles. The van der Waals surface area contributed by atoms with Crippen LogP contribution >= 0.6 is 22.6 Å². The van der Waals surface area contributed by atoms with Crippen molar-refractivity contribution in [2.75, 3.05) is 6.54 Å². The topological polar surface area (TPSA) is 111 Å². The van der Waals surface area contributed by atoms with Crippen molar-refractivity contribution in [1.29, 1.82) is 0 Å². The minimum absolute atomic E-state index is 0.0653. The van der Waals surface area contributed by atoms with Crippen molar-refractivity contribution in [3.8, 4) is 0 Å². The molecule has 0 spiro atoms. The maximum absolute atomic E-state index is 13.8. The molecule has 1 aromatic rings. The third-order valence-corrected chi connectivity index (χ3v) is 10.1. The van der Waals surface area contributed by atoms with Gasteiger partial charge < -0.3 is 10.4 Å². The van der Waals surface area contributed by atoms with E-state index >= 15 is 0 Å². The molecule has 1 aromatic carbocycles. The zero-order chi connectivity index (χ0) is 24.8. The molecule has 2 bridgehead atoms. The quantitative estimate of drug-likeness (QED) is 0.213. The minimum atomic E-state index is -0.798. The van der Waals surface area contributed by atoms with E-state index < -0.39 is 24.2 Å². The molecule has 186 valence electrons. The number of benzene rings is 1. The molecule has 3 saturated carbocycles. The number of halogens is 1. The second kappa shape index (κ2) is 9.93. The number of azide groups is 1. The van der Waals surface area contributed by atoms with Crippen LogP contribution in [0.4, 0.5) is 0 Å². The van der Waals surface area contributed by atoms with Crippen molar-refractivity contribution >= 4 is 28.5 Å². The molecule has 8 atom stereocenters. The first-order valence-corrected chi connectivity index (χ1v) is 13.3. The fraction of sp³-hybridized carbons (Fsp3) is 0.720. The predicted molar refractivity (Wildman–Crippen MR) is 138 cm³/mol. The maximum atomic E-state index is 13.8. The summed E-state index contributed by atoms with van der Waals surface area (Å²) in [5.41, 5.74) is 11.4. The molecule has 4 fully saturated rings. The molecule has 34 heavy (non-hydrogen) atoms. The normalized spacial score (nSPS) is 35.2. The fourth-order valence-corrected chi connectivity index (χ4v) is 7.15. The monoisotopic (exact) mass is 581 g/mol. The second-order valence-corrected chi connectivity index (χ2v) is 12.2. The first-order valence-electron chi connectivity index (χ1n) is 12.2. The Morgan fingerprint density at radius 2 is 2.18 bits per heavy atom. The van der Waals surface area contributed by atoms with E-state index in [1.54, 1.807) is 12.0 Å². The van der Waals surface area contributed by atoms with E-state index in [1.807, 2.05) is 12.1 Å². The summed E-state index contributed by atoms with van der Waals surface area (Å²) in [6.45, 7) is 11.2. The van der Waals surface area contributed by atoms with E-state index in [4.69, 9.17) is 10.4 Å². The Morgan fingerprint density at radius 1 is 1.44 bits per heavy atom. The number of fused-ring (bicyclic) bond motifs is 2. The highest BCUT2D eigenvalue weighted by Gasteiger charge is 2.57. The number of hydroxylamine groups is 2. The minimum Gasteiger partial charge on any atom is -0.393 e. The highest BCUT2D eigenvalue weighted by Crippen LogP contribution is 2.61. The van der Waals surface area contributed by atoms with Crippen molar-refractivity contribution in [3.05, 3.63) is 43.3 Å². The van der Waals surface area contributed by atoms with Crippen LogP contribution in [0.1, 0.15) is 51.7 Å². The van der Waals surface area contributed by atoms with Crippen LogP contribution in [0.25, 0.3) is 10.4 Å². The Hall–Kier alpha value is -1.39. The standard InChI is InChI=1S/C25H36IN5O3/c1-13-16(7-6-8-19(13)26)12-31-23(22(15(3)32)21(34-31)11-28-30-27)24(33)29-20-10-17-9-18(14(20)2)25(17,4)5/h6-8,14-15,17-18,20-23,32H,9-12H2,1-5H3,(H,29,33)/t14-,15-,17+,18-,20-,21-,22+,23-/m0/s1. The molecule has 1 aliphatic heterocycles. The van der Waals surface area contributed by atoms with E-state index in [0.717, 1.165) is 21.1 Å². The number of carbonyl (C=O) groups excluding carboxylic acids is 1. The smallest absolute Gasteiger partial charge is 0.240 e. The molecule has 0 unspecified atom stereocenters. The van der Waals surface area contributed by atoms with Crippen LogP contribution in [0.15, 0.2) is 23.3 Å². The number of nitrogens with zero attached hydrogens (tertiary/aromatic N) is 4. The van der Waals surface area contributed by atoms with Crippen molar-refractivity contribution in [2.24, 2.45) is 34.2 Å². The molecule has 0 aromatic heterocycles. The number of nitrogens with one attached hydrogen (secondary N) is 1. The maximum Gasteiger partial charge on any atom is 0.240 e. The van der Waals surface area contributed by atoms with Gasteiger partial charge in [0.05, 0.1) is 25.3 Å². The van der Waals surface area contributed by atoms with Gasteiger partial charge in [-0.25, -0.2) is 0 Å². The number of carbonyl (C=O) groups is 1. The molecule has 4 aliphatic rings. The molecule has 1 heterocycles. The number of amides is 1. The Balaban J connectivity index is 1.58. The van der Waals surface area contributed by atoms with E-state index in [9.17, 15) is 9.90 Å². The molecular weight excluding hydrogens is 545 g/mol. The van der Waals surface area contributed by atoms with Crippen molar-refractivity contribution in [2.45, 2.75) is 78.3 Å². The predicted octanol–water partition coefficient (Wildman–Crippen LogP) is 4.58. The van der Waals surface area contributed by atoms with Gasteiger partial charge in [-0.2, -0.15) is 5.06 Å². The number of aliphatic hydroxyl groups excluding tert-OH is 1. The lowest BCUT2D eigenvalue weighted by Gasteiger charge is -2.62. The van der Waals surface area contributed by atoms with Crippen molar-refractivity contribution in [3.63, 3.8) is 0 Å². The fourth-order valence-electron chi connectivity index (χ4n) is 6.59. The molecule has 3 aliphatic carbocycles. The average molecular weight is 581 g/mol. The molecule has 5 rings (SSSR count). The highest BCUT2D eigenvalue weighted by atomic mass is 127. The van der Waals surface area contributed by atoms with Gasteiger partial charge in [0.2, 0.25) is 5.91 Å². The molecule has 9 heteroatoms. The van der Waals surface area contributed by atoms with Crippen LogP contribution in [0.2, 0.25) is 0 Å². The van der Waals surface area contributed by atoms with Gasteiger partial charge in [-0.1, -0.05) is 38.0 Å². The molecule has 2 N–H and O–H groups in total. The first kappa shape index (κ1) is 25.7. The largest absolute Gasteiger partial charge is 0.393 e. The summed E-state index contributed by atoms with van der Waals surface area (Å²) in [7, 11) is 0. The zero-order valence-electron chi connectivity index (χ0n) is 20.6. The summed E-state index contributed by atoms with van der Waals surface area (Å²) in [5.74, 6) is 1.04. The highest BCUT2D eigenvalue weighted by molar-refractivity contribution is 14.1. The van der Waals surface area contributed by atoms with Crippen LogP contribution in [0.5, 0.6) is 0 Å². The summed E-state index contributed by atoms with van der Waals surface area (Å²) in [5, 5.41) is 19.4. The van der Waals surface area contributed by atoms with E-state index in [1.165, 1.54) is 6.42 Å². The van der Waals surface area contributed by atoms with E-state index in [-0.39, 0.29) is 18.5 Å². The Morgan fingerprint density at radius 3 is 2.79 bits per heavy atom. The average Bonchev–Trinajstić information content (AvgIpc) is 3.14. The number of hydrogen-bond donors (Lipinski definition) is 2. The van der Waals surface area contributed by atoms with Gasteiger partial charge >= 0.3 is 0 Å². The number of rotatable bonds is 7. The third-order valence-electron chi connectivity index (χ3n) is 8.91. The van der Waals surface area contributed by atoms with Crippen LogP contribution < -0.4 is 5.32 Å². The Kier molecular flexibility index (Phi) is 7.51. The van der Waals surface area contributed by atoms with Crippen molar-refractivity contribution in [1.82, 2.24) is 10.4 Å². The molecule has 8 nitrogen and oxygen atoms in total. The van der Waals surface area contributed by atoms with Gasteiger partial charge in [-0.3, -0.25) is 9.63 Å². The zero-order valence-corrected chi connectivity index (χ0v) is 22.8. The lowest BCUT2D eigenvalue weighted by Crippen LogP contribution is -2.62. The number of aliphatic hydroxyl groups is 1. The summed E-state index contributed by atoms with van der Waals surface area (Å²) < 4.78 is 1.14. The van der Waals surface area contributed by atoms with Crippen LogP contribution in [0, 0.1) is 39.6 Å². The SMILES string of the molecule is Cc1c(I)cccc1CN1O[C@@H](CN=[N+]=[N-])[C@@H]([C@H](C)O)[C@H]1C(=O)N[C@H]1C[C@H]2C[C@@H]([C@@H]1C)C2(C)C. The third kappa shape index (κ3) is 4.57. The summed E-state index contributed by atoms with van der Waals surface area (Å²) >= 11 is 2.31. The Labute approximate surface area is 215 Å². The van der Waals surface area contributed by atoms with Crippen LogP contribution in [-0.4, -0.2) is 46.9 Å². The van der Waals surface area contributed by atoms with E-state index in [0.29, 0.717) is 29.7 Å². The van der Waals surface area contributed by atoms with Crippen LogP contribution in [-0.2, 0) is 16.2 Å². The van der Waals surface area contributed by atoms with Gasteiger partial charge in [-0.05, 0) is 95.2 Å². The summed E-state index contributed by atoms with van der Waals surface area (Å²) in [6, 6.07) is 5.53. The number of hydrogen-bond acceptors (Lipinski definition) is 5. The van der Waals surface area contributed by atoms with Gasteiger partial charge in [0, 0.05) is 20.4 Å². The first-order chi connectivity index (χ1) is 16.1. The van der Waals surface area contributed by atoms with Crippen molar-refractivity contribution < 1.29 is 14.7 Å². The van der Waals surface area contributed by atoms with Gasteiger partial charge in [-0.15, -0.1) is 0 Å². The second-order valence-electron chi connectivity index (χ2n) is 11.0. The van der Waals surface area contributed by atoms with Gasteiger partial charge in [0.1, 0.15) is 6.04 Å². The summed E-state index contributed by atoms with van der Waals surface area (Å²) in [6.07, 6.45) is 0.871. The lowest BCUT2D eigenvalue weighted by molar-refractivity contribution is -0.175. The Bertz CT molecular complexity index is 979. The van der Waals surface area contributed by atoms with Gasteiger partial charge in [0.25, 0.3) is 0 Å². The molecular formula is C25H36IN5O3. The summed E-state index contributed by atoms with van der Waals surface area (Å²) in [4.78, 5) is 22.8. The van der Waals surface area contributed by atoms with Crippen LogP contribution in [0.3, 0.4) is 0 Å². The lowest BCUT2D eigenvalue weighted by atomic mass is 9.45. The molecule has 1 amide bonds. The van der Waals surface area contributed by atoms with Gasteiger partial charge in [0.15, 0.2) is 0 Å².